The first-order valence-electron chi connectivity index (χ1n) is 6.96. The van der Waals surface area contributed by atoms with Gasteiger partial charge in [0, 0.05) is 29.0 Å². The zero-order valence-electron chi connectivity index (χ0n) is 11.3. The van der Waals surface area contributed by atoms with Crippen molar-refractivity contribution in [2.24, 2.45) is 0 Å². The molecule has 1 aromatic heterocycles. The average molecular weight is 345 g/mol. The van der Waals surface area contributed by atoms with Crippen LogP contribution in [0.25, 0.3) is 0 Å². The normalized spacial score (nSPS) is 19.4. The molecule has 1 N–H and O–H groups in total. The number of carbonyl (C=O) groups excluding carboxylic acids is 1. The Balaban J connectivity index is 1.91. The molecule has 5 heteroatoms. The van der Waals surface area contributed by atoms with Crippen LogP contribution in [0, 0.1) is 0 Å². The van der Waals surface area contributed by atoms with Crippen LogP contribution in [0.3, 0.4) is 0 Å². The predicted molar refractivity (Wildman–Crippen MR) is 84.9 cm³/mol. The maximum Gasteiger partial charge on any atom is 0.267 e. The highest BCUT2D eigenvalue weighted by molar-refractivity contribution is 9.10. The van der Waals surface area contributed by atoms with Gasteiger partial charge < -0.3 is 9.88 Å². The quantitative estimate of drug-likeness (QED) is 0.883. The van der Waals surface area contributed by atoms with E-state index in [0.29, 0.717) is 5.25 Å². The molecule has 0 aromatic carbocycles. The van der Waals surface area contributed by atoms with Gasteiger partial charge >= 0.3 is 0 Å². The summed E-state index contributed by atoms with van der Waals surface area (Å²) >= 11 is 5.43. The number of rotatable bonds is 5. The third kappa shape index (κ3) is 4.28. The molecule has 2 rings (SSSR count). The van der Waals surface area contributed by atoms with Gasteiger partial charge in [-0.05, 0) is 47.0 Å². The Morgan fingerprint density at radius 2 is 2.42 bits per heavy atom. The van der Waals surface area contributed by atoms with Gasteiger partial charge in [-0.1, -0.05) is 13.3 Å². The van der Waals surface area contributed by atoms with E-state index in [-0.39, 0.29) is 5.91 Å². The van der Waals surface area contributed by atoms with Crippen LogP contribution in [0.2, 0.25) is 0 Å². The molecule has 0 saturated carbocycles. The van der Waals surface area contributed by atoms with Crippen LogP contribution in [-0.2, 0) is 6.54 Å². The Bertz CT molecular complexity index is 427. The number of hydrogen-bond donors (Lipinski definition) is 1. The zero-order valence-corrected chi connectivity index (χ0v) is 13.7. The molecule has 0 radical (unpaired) electrons. The third-order valence-corrected chi connectivity index (χ3v) is 5.16. The molecule has 106 valence electrons. The monoisotopic (exact) mass is 344 g/mol. The highest BCUT2D eigenvalue weighted by Crippen LogP contribution is 2.24. The van der Waals surface area contributed by atoms with Crippen molar-refractivity contribution in [2.75, 3.05) is 12.3 Å². The Kier molecular flexibility index (Phi) is 5.82. The number of carbonyl (C=O) groups is 1. The highest BCUT2D eigenvalue weighted by atomic mass is 79.9. The molecule has 0 bridgehead atoms. The molecule has 1 saturated heterocycles. The fourth-order valence-electron chi connectivity index (χ4n) is 2.36. The number of amides is 1. The van der Waals surface area contributed by atoms with Gasteiger partial charge in [-0.3, -0.25) is 4.79 Å². The van der Waals surface area contributed by atoms with Gasteiger partial charge in [0.25, 0.3) is 5.91 Å². The van der Waals surface area contributed by atoms with Crippen molar-refractivity contribution < 1.29 is 4.79 Å². The summed E-state index contributed by atoms with van der Waals surface area (Å²) in [5, 5.41) is 3.67. The van der Waals surface area contributed by atoms with Crippen molar-refractivity contribution >= 4 is 33.6 Å². The van der Waals surface area contributed by atoms with Crippen molar-refractivity contribution in [3.8, 4) is 0 Å². The van der Waals surface area contributed by atoms with Gasteiger partial charge in [-0.25, -0.2) is 0 Å². The van der Waals surface area contributed by atoms with Crippen LogP contribution in [0.5, 0.6) is 0 Å². The van der Waals surface area contributed by atoms with E-state index in [1.54, 1.807) is 0 Å². The summed E-state index contributed by atoms with van der Waals surface area (Å²) in [5.41, 5.74) is 0.759. The first-order valence-corrected chi connectivity index (χ1v) is 8.80. The molecule has 1 fully saturated rings. The Morgan fingerprint density at radius 1 is 1.58 bits per heavy atom. The largest absolute Gasteiger partial charge is 0.350 e. The first-order chi connectivity index (χ1) is 9.20. The zero-order chi connectivity index (χ0) is 13.7. The summed E-state index contributed by atoms with van der Waals surface area (Å²) in [5.74, 6) is 1.28. The number of aryl methyl sites for hydroxylation is 1. The second-order valence-corrected chi connectivity index (χ2v) is 7.26. The van der Waals surface area contributed by atoms with Gasteiger partial charge in [-0.2, -0.15) is 11.8 Å². The van der Waals surface area contributed by atoms with E-state index in [4.69, 9.17) is 0 Å². The number of thioether (sulfide) groups is 1. The summed E-state index contributed by atoms with van der Waals surface area (Å²) in [6.07, 6.45) is 6.85. The molecule has 2 heterocycles. The van der Waals surface area contributed by atoms with E-state index in [1.165, 1.54) is 25.0 Å². The molecule has 1 atom stereocenters. The van der Waals surface area contributed by atoms with Crippen LogP contribution < -0.4 is 5.32 Å². The lowest BCUT2D eigenvalue weighted by Gasteiger charge is -2.21. The number of hydrogen-bond acceptors (Lipinski definition) is 2. The summed E-state index contributed by atoms with van der Waals surface area (Å²) in [7, 11) is 0. The average Bonchev–Trinajstić information content (AvgIpc) is 2.79. The second kappa shape index (κ2) is 7.39. The van der Waals surface area contributed by atoms with E-state index in [9.17, 15) is 4.79 Å². The fraction of sp³-hybridized carbons (Fsp3) is 0.643. The van der Waals surface area contributed by atoms with E-state index in [0.717, 1.165) is 29.7 Å². The number of aromatic nitrogens is 1. The standard InChI is InChI=1S/C14H21BrN2OS/c1-2-6-17-10-11(15)8-13(17)14(18)16-9-12-5-3-4-7-19-12/h8,10,12H,2-7,9H2,1H3,(H,16,18). The van der Waals surface area contributed by atoms with Crippen molar-refractivity contribution in [3.05, 3.63) is 22.4 Å². The maximum atomic E-state index is 12.2. The molecule has 0 aliphatic carbocycles. The minimum absolute atomic E-state index is 0.0466. The topological polar surface area (TPSA) is 34.0 Å². The lowest BCUT2D eigenvalue weighted by molar-refractivity contribution is 0.0944. The fourth-order valence-corrected chi connectivity index (χ4v) is 4.06. The molecular formula is C14H21BrN2OS. The van der Waals surface area contributed by atoms with E-state index < -0.39 is 0 Å². The summed E-state index contributed by atoms with van der Waals surface area (Å²) < 4.78 is 2.99. The maximum absolute atomic E-state index is 12.2. The molecule has 1 aromatic rings. The van der Waals surface area contributed by atoms with Crippen LogP contribution in [-0.4, -0.2) is 28.0 Å². The van der Waals surface area contributed by atoms with Gasteiger partial charge in [-0.15, -0.1) is 0 Å². The van der Waals surface area contributed by atoms with E-state index in [1.807, 2.05) is 28.6 Å². The predicted octanol–water partition coefficient (Wildman–Crippen LogP) is 3.68. The highest BCUT2D eigenvalue weighted by Gasteiger charge is 2.17. The summed E-state index contributed by atoms with van der Waals surface area (Å²) in [6, 6.07) is 1.90. The van der Waals surface area contributed by atoms with Gasteiger partial charge in [0.2, 0.25) is 0 Å². The lowest BCUT2D eigenvalue weighted by atomic mass is 10.2. The number of nitrogens with zero attached hydrogens (tertiary/aromatic N) is 1. The Labute approximate surface area is 127 Å². The smallest absolute Gasteiger partial charge is 0.267 e. The first kappa shape index (κ1) is 15.0. The third-order valence-electron chi connectivity index (χ3n) is 3.32. The van der Waals surface area contributed by atoms with E-state index >= 15 is 0 Å². The molecule has 3 nitrogen and oxygen atoms in total. The van der Waals surface area contributed by atoms with Crippen LogP contribution in [0.4, 0.5) is 0 Å². The second-order valence-electron chi connectivity index (χ2n) is 4.94. The minimum atomic E-state index is 0.0466. The van der Waals surface area contributed by atoms with Crippen LogP contribution in [0.15, 0.2) is 16.7 Å². The van der Waals surface area contributed by atoms with Gasteiger partial charge in [0.15, 0.2) is 0 Å². The molecule has 1 unspecified atom stereocenters. The van der Waals surface area contributed by atoms with Crippen molar-refractivity contribution in [1.82, 2.24) is 9.88 Å². The van der Waals surface area contributed by atoms with Gasteiger partial charge in [0.05, 0.1) is 0 Å². The van der Waals surface area contributed by atoms with Crippen molar-refractivity contribution in [2.45, 2.75) is 44.4 Å². The number of nitrogens with one attached hydrogen (secondary N) is 1. The van der Waals surface area contributed by atoms with Crippen LogP contribution in [0.1, 0.15) is 43.1 Å². The molecule has 1 aliphatic heterocycles. The SMILES string of the molecule is CCCn1cc(Br)cc1C(=O)NCC1CCCCS1. The number of halogens is 1. The summed E-state index contributed by atoms with van der Waals surface area (Å²) in [6.45, 7) is 3.79. The molecule has 1 amide bonds. The molecule has 19 heavy (non-hydrogen) atoms. The lowest BCUT2D eigenvalue weighted by Crippen LogP contribution is -2.33. The molecular weight excluding hydrogens is 324 g/mol. The van der Waals surface area contributed by atoms with Crippen LogP contribution >= 0.6 is 27.7 Å². The van der Waals surface area contributed by atoms with E-state index in [2.05, 4.69) is 28.2 Å². The van der Waals surface area contributed by atoms with Gasteiger partial charge in [0.1, 0.15) is 5.69 Å². The minimum Gasteiger partial charge on any atom is -0.350 e. The molecule has 0 spiro atoms. The summed E-state index contributed by atoms with van der Waals surface area (Å²) in [4.78, 5) is 12.2. The molecule has 1 aliphatic rings. The Morgan fingerprint density at radius 3 is 3.11 bits per heavy atom. The van der Waals surface area contributed by atoms with Crippen molar-refractivity contribution in [3.63, 3.8) is 0 Å². The Hall–Kier alpha value is -0.420. The van der Waals surface area contributed by atoms with Crippen molar-refractivity contribution in [1.29, 1.82) is 0 Å².